The SMILES string of the molecule is CCN(Cc1ccccc1)S(=O)(=O)N(C)CC(=O)O. The molecule has 1 N–H and O–H groups in total. The zero-order valence-electron chi connectivity index (χ0n) is 11.0. The summed E-state index contributed by atoms with van der Waals surface area (Å²) in [6.07, 6.45) is 0. The zero-order valence-corrected chi connectivity index (χ0v) is 11.8. The van der Waals surface area contributed by atoms with E-state index in [9.17, 15) is 13.2 Å². The smallest absolute Gasteiger partial charge is 0.318 e. The fourth-order valence-corrected chi connectivity index (χ4v) is 2.92. The lowest BCUT2D eigenvalue weighted by atomic mass is 10.2. The standard InChI is InChI=1S/C12H18N2O4S/c1-3-14(9-11-7-5-4-6-8-11)19(17,18)13(2)10-12(15)16/h4-8H,3,9-10H2,1-2H3,(H,15,16). The highest BCUT2D eigenvalue weighted by Gasteiger charge is 2.27. The van der Waals surface area contributed by atoms with Crippen LogP contribution >= 0.6 is 0 Å². The maximum absolute atomic E-state index is 12.2. The van der Waals surface area contributed by atoms with Crippen LogP contribution in [0, 0.1) is 0 Å². The number of carboxylic acid groups (broad SMARTS) is 1. The van der Waals surface area contributed by atoms with Gasteiger partial charge in [-0.15, -0.1) is 0 Å². The second-order valence-electron chi connectivity index (χ2n) is 4.07. The number of rotatable bonds is 7. The molecule has 0 aliphatic heterocycles. The highest BCUT2D eigenvalue weighted by atomic mass is 32.2. The normalized spacial score (nSPS) is 12.0. The van der Waals surface area contributed by atoms with Gasteiger partial charge in [-0.25, -0.2) is 0 Å². The molecule has 0 saturated carbocycles. The van der Waals surface area contributed by atoms with Crippen LogP contribution in [-0.4, -0.2) is 48.2 Å². The van der Waals surface area contributed by atoms with Crippen LogP contribution in [0.25, 0.3) is 0 Å². The summed E-state index contributed by atoms with van der Waals surface area (Å²) >= 11 is 0. The lowest BCUT2D eigenvalue weighted by Crippen LogP contribution is -2.43. The topological polar surface area (TPSA) is 77.9 Å². The van der Waals surface area contributed by atoms with Gasteiger partial charge in [0.05, 0.1) is 0 Å². The monoisotopic (exact) mass is 286 g/mol. The van der Waals surface area contributed by atoms with E-state index in [1.807, 2.05) is 30.3 Å². The Balaban J connectivity index is 2.87. The number of carboxylic acids is 1. The highest BCUT2D eigenvalue weighted by Crippen LogP contribution is 2.11. The maximum atomic E-state index is 12.2. The van der Waals surface area contributed by atoms with E-state index < -0.39 is 22.7 Å². The number of nitrogens with zero attached hydrogens (tertiary/aromatic N) is 2. The second-order valence-corrected chi connectivity index (χ2v) is 6.10. The Bertz CT molecular complexity index is 516. The Labute approximate surface area is 113 Å². The van der Waals surface area contributed by atoms with Crippen LogP contribution in [0.1, 0.15) is 12.5 Å². The van der Waals surface area contributed by atoms with Crippen molar-refractivity contribution in [3.63, 3.8) is 0 Å². The van der Waals surface area contributed by atoms with E-state index >= 15 is 0 Å². The predicted molar refractivity (Wildman–Crippen MR) is 71.7 cm³/mol. The molecule has 6 nitrogen and oxygen atoms in total. The maximum Gasteiger partial charge on any atom is 0.318 e. The van der Waals surface area contributed by atoms with Gasteiger partial charge >= 0.3 is 5.97 Å². The fraction of sp³-hybridized carbons (Fsp3) is 0.417. The molecule has 0 amide bonds. The molecular formula is C12H18N2O4S. The number of hydrogen-bond donors (Lipinski definition) is 1. The summed E-state index contributed by atoms with van der Waals surface area (Å²) in [7, 11) is -2.50. The number of likely N-dealkylation sites (N-methyl/N-ethyl adjacent to an activating group) is 1. The quantitative estimate of drug-likeness (QED) is 0.803. The minimum absolute atomic E-state index is 0.226. The van der Waals surface area contributed by atoms with Crippen molar-refractivity contribution in [1.29, 1.82) is 0 Å². The summed E-state index contributed by atoms with van der Waals surface area (Å²) in [5.41, 5.74) is 0.858. The van der Waals surface area contributed by atoms with Crippen LogP contribution in [0.5, 0.6) is 0 Å². The summed E-state index contributed by atoms with van der Waals surface area (Å²) in [6.45, 7) is 1.67. The first-order valence-corrected chi connectivity index (χ1v) is 7.24. The molecule has 19 heavy (non-hydrogen) atoms. The van der Waals surface area contributed by atoms with Gasteiger partial charge in [0.1, 0.15) is 6.54 Å². The number of carbonyl (C=O) groups is 1. The van der Waals surface area contributed by atoms with E-state index in [2.05, 4.69) is 0 Å². The van der Waals surface area contributed by atoms with Crippen molar-refractivity contribution >= 4 is 16.2 Å². The first-order valence-electron chi connectivity index (χ1n) is 5.85. The third-order valence-corrected chi connectivity index (χ3v) is 4.59. The predicted octanol–water partition coefficient (Wildman–Crippen LogP) is 0.770. The molecule has 0 radical (unpaired) electrons. The largest absolute Gasteiger partial charge is 0.480 e. The van der Waals surface area contributed by atoms with E-state index in [1.165, 1.54) is 11.4 Å². The lowest BCUT2D eigenvalue weighted by Gasteiger charge is -2.25. The molecule has 0 saturated heterocycles. The van der Waals surface area contributed by atoms with Crippen LogP contribution in [0.2, 0.25) is 0 Å². The van der Waals surface area contributed by atoms with Gasteiger partial charge in [-0.1, -0.05) is 37.3 Å². The van der Waals surface area contributed by atoms with Crippen molar-refractivity contribution in [2.75, 3.05) is 20.1 Å². The summed E-state index contributed by atoms with van der Waals surface area (Å²) in [5.74, 6) is -1.18. The fourth-order valence-electron chi connectivity index (χ4n) is 1.61. The van der Waals surface area contributed by atoms with Gasteiger partial charge in [0.15, 0.2) is 0 Å². The summed E-state index contributed by atoms with van der Waals surface area (Å²) in [6, 6.07) is 9.17. The molecule has 0 aliphatic carbocycles. The summed E-state index contributed by atoms with van der Waals surface area (Å²) < 4.78 is 26.5. The average Bonchev–Trinajstić information content (AvgIpc) is 2.36. The number of aliphatic carboxylic acids is 1. The van der Waals surface area contributed by atoms with Crippen LogP contribution in [0.15, 0.2) is 30.3 Å². The molecule has 1 aromatic carbocycles. The van der Waals surface area contributed by atoms with Gasteiger partial charge in [0, 0.05) is 20.1 Å². The van der Waals surface area contributed by atoms with E-state index in [4.69, 9.17) is 5.11 Å². The van der Waals surface area contributed by atoms with Crippen LogP contribution in [0.3, 0.4) is 0 Å². The Morgan fingerprint density at radius 3 is 2.32 bits per heavy atom. The third-order valence-electron chi connectivity index (χ3n) is 2.63. The molecule has 7 heteroatoms. The second kappa shape index (κ2) is 6.65. The molecule has 0 unspecified atom stereocenters. The molecule has 0 bridgehead atoms. The van der Waals surface area contributed by atoms with E-state index in [1.54, 1.807) is 6.92 Å². The van der Waals surface area contributed by atoms with Gasteiger partial charge in [-0.05, 0) is 5.56 Å². The van der Waals surface area contributed by atoms with Gasteiger partial charge in [-0.3, -0.25) is 4.79 Å². The van der Waals surface area contributed by atoms with Gasteiger partial charge < -0.3 is 5.11 Å². The minimum atomic E-state index is -3.76. The Kier molecular flexibility index (Phi) is 5.46. The van der Waals surface area contributed by atoms with E-state index in [0.717, 1.165) is 9.87 Å². The number of benzene rings is 1. The molecule has 0 fully saturated rings. The highest BCUT2D eigenvalue weighted by molar-refractivity contribution is 7.86. The van der Waals surface area contributed by atoms with E-state index in [-0.39, 0.29) is 13.1 Å². The van der Waals surface area contributed by atoms with Crippen LogP contribution in [0.4, 0.5) is 0 Å². The van der Waals surface area contributed by atoms with Gasteiger partial charge in [0.2, 0.25) is 0 Å². The molecular weight excluding hydrogens is 268 g/mol. The van der Waals surface area contributed by atoms with Gasteiger partial charge in [0.25, 0.3) is 10.2 Å². The van der Waals surface area contributed by atoms with E-state index in [0.29, 0.717) is 0 Å². The molecule has 106 valence electrons. The van der Waals surface area contributed by atoms with Crippen molar-refractivity contribution in [3.05, 3.63) is 35.9 Å². The Morgan fingerprint density at radius 1 is 1.26 bits per heavy atom. The van der Waals surface area contributed by atoms with Crippen molar-refractivity contribution in [1.82, 2.24) is 8.61 Å². The minimum Gasteiger partial charge on any atom is -0.480 e. The van der Waals surface area contributed by atoms with Crippen LogP contribution in [-0.2, 0) is 21.5 Å². The zero-order chi connectivity index (χ0) is 14.5. The molecule has 0 aromatic heterocycles. The molecule has 0 aliphatic rings. The number of hydrogen-bond acceptors (Lipinski definition) is 3. The first kappa shape index (κ1) is 15.6. The van der Waals surface area contributed by atoms with Crippen molar-refractivity contribution in [3.8, 4) is 0 Å². The lowest BCUT2D eigenvalue weighted by molar-refractivity contribution is -0.137. The van der Waals surface area contributed by atoms with Crippen molar-refractivity contribution < 1.29 is 18.3 Å². The Hall–Kier alpha value is -1.44. The first-order chi connectivity index (χ1) is 8.87. The van der Waals surface area contributed by atoms with Crippen molar-refractivity contribution in [2.24, 2.45) is 0 Å². The third kappa shape index (κ3) is 4.30. The molecule has 1 aromatic rings. The molecule has 0 spiro atoms. The van der Waals surface area contributed by atoms with Crippen molar-refractivity contribution in [2.45, 2.75) is 13.5 Å². The molecule has 0 atom stereocenters. The summed E-state index contributed by atoms with van der Waals surface area (Å²) in [5, 5.41) is 8.67. The molecule has 1 rings (SSSR count). The Morgan fingerprint density at radius 2 is 1.84 bits per heavy atom. The van der Waals surface area contributed by atoms with Crippen LogP contribution < -0.4 is 0 Å². The summed E-state index contributed by atoms with van der Waals surface area (Å²) in [4.78, 5) is 10.6. The molecule has 0 heterocycles. The average molecular weight is 286 g/mol. The van der Waals surface area contributed by atoms with Gasteiger partial charge in [-0.2, -0.15) is 17.0 Å².